The molecule has 0 bridgehead atoms. The Morgan fingerprint density at radius 3 is 2.06 bits per heavy atom. The van der Waals surface area contributed by atoms with Gasteiger partial charge < -0.3 is 4.74 Å². The van der Waals surface area contributed by atoms with Crippen LogP contribution >= 0.6 is 0 Å². The zero-order chi connectivity index (χ0) is 26.1. The molecule has 0 saturated carbocycles. The van der Waals surface area contributed by atoms with E-state index in [0.717, 1.165) is 19.2 Å². The van der Waals surface area contributed by atoms with Crippen molar-refractivity contribution in [3.8, 4) is 0 Å². The molecule has 1 unspecified atom stereocenters. The van der Waals surface area contributed by atoms with E-state index >= 15 is 4.39 Å². The van der Waals surface area contributed by atoms with E-state index in [9.17, 15) is 26.4 Å². The zero-order valence-electron chi connectivity index (χ0n) is 18.7. The van der Waals surface area contributed by atoms with Crippen LogP contribution in [0, 0.1) is 0 Å². The van der Waals surface area contributed by atoms with Crippen LogP contribution in [0.3, 0.4) is 0 Å². The fraction of sp³-hybridized carbons (Fsp3) is 0.273. The first-order chi connectivity index (χ1) is 16.9. The van der Waals surface area contributed by atoms with E-state index in [1.54, 1.807) is 12.1 Å². The maximum Gasteiger partial charge on any atom is 0.330 e. The number of halogens is 1. The number of aromatic amines is 1. The molecule has 14 heteroatoms. The summed E-state index contributed by atoms with van der Waals surface area (Å²) in [5.41, 5.74) is -4.48. The molecule has 1 N–H and O–H groups in total. The minimum atomic E-state index is -4.55. The van der Waals surface area contributed by atoms with Crippen molar-refractivity contribution in [1.29, 1.82) is 0 Å². The second-order valence-electron chi connectivity index (χ2n) is 8.03. The maximum atomic E-state index is 16.2. The molecule has 2 aromatic carbocycles. The first-order valence-corrected chi connectivity index (χ1v) is 13.3. The zero-order valence-corrected chi connectivity index (χ0v) is 20.3. The number of aromatic nitrogens is 2. The second kappa shape index (κ2) is 9.71. The fourth-order valence-corrected chi connectivity index (χ4v) is 5.82. The van der Waals surface area contributed by atoms with Gasteiger partial charge in [-0.3, -0.25) is 22.7 Å². The monoisotopic (exact) mass is 540 g/mol. The van der Waals surface area contributed by atoms with Crippen LogP contribution in [0.4, 0.5) is 4.39 Å². The Morgan fingerprint density at radius 1 is 0.944 bits per heavy atom. The molecular weight excluding hydrogens is 519 g/mol. The van der Waals surface area contributed by atoms with Gasteiger partial charge >= 0.3 is 5.69 Å². The Balaban J connectivity index is 1.69. The quantitative estimate of drug-likeness (QED) is 0.418. The number of benzene rings is 2. The van der Waals surface area contributed by atoms with E-state index in [4.69, 9.17) is 13.1 Å². The number of rotatable bonds is 8. The Kier molecular flexibility index (Phi) is 6.99. The topological polar surface area (TPSA) is 151 Å². The van der Waals surface area contributed by atoms with Crippen LogP contribution in [0.5, 0.6) is 0 Å². The summed E-state index contributed by atoms with van der Waals surface area (Å²) in [5, 5.41) is 0. The van der Waals surface area contributed by atoms with E-state index in [1.807, 2.05) is 4.98 Å². The van der Waals surface area contributed by atoms with E-state index in [0.29, 0.717) is 4.57 Å². The molecule has 4 atom stereocenters. The van der Waals surface area contributed by atoms with Gasteiger partial charge in [0.25, 0.3) is 25.8 Å². The van der Waals surface area contributed by atoms with Crippen molar-refractivity contribution in [2.75, 3.05) is 6.61 Å². The molecule has 1 aliphatic rings. The second-order valence-corrected chi connectivity index (χ2v) is 11.2. The minimum Gasteiger partial charge on any atom is -0.346 e. The van der Waals surface area contributed by atoms with Crippen molar-refractivity contribution in [1.82, 2.24) is 9.55 Å². The first-order valence-electron chi connectivity index (χ1n) is 10.5. The van der Waals surface area contributed by atoms with Crippen LogP contribution < -0.4 is 11.2 Å². The van der Waals surface area contributed by atoms with Crippen LogP contribution in [-0.2, 0) is 33.3 Å². The molecule has 36 heavy (non-hydrogen) atoms. The smallest absolute Gasteiger partial charge is 0.330 e. The highest BCUT2D eigenvalue weighted by Gasteiger charge is 2.58. The number of hydrogen-bond donors (Lipinski definition) is 1. The number of alkyl halides is 1. The molecule has 3 aromatic rings. The molecule has 0 radical (unpaired) electrons. The van der Waals surface area contributed by atoms with Gasteiger partial charge in [-0.15, -0.1) is 0 Å². The lowest BCUT2D eigenvalue weighted by molar-refractivity contribution is -0.0581. The Bertz CT molecular complexity index is 1550. The van der Waals surface area contributed by atoms with Gasteiger partial charge in [-0.2, -0.15) is 16.8 Å². The molecule has 0 amide bonds. The third-order valence-corrected chi connectivity index (χ3v) is 8.07. The number of nitrogens with zero attached hydrogens (tertiary/aromatic N) is 1. The van der Waals surface area contributed by atoms with Gasteiger partial charge in [-0.25, -0.2) is 9.18 Å². The van der Waals surface area contributed by atoms with Crippen molar-refractivity contribution in [3.05, 3.63) is 93.8 Å². The third kappa shape index (κ3) is 5.17. The minimum absolute atomic E-state index is 0.186. The van der Waals surface area contributed by atoms with Gasteiger partial charge in [0.1, 0.15) is 12.2 Å². The molecule has 1 fully saturated rings. The molecule has 11 nitrogen and oxygen atoms in total. The standard InChI is InChI=1S/C22H21FN2O9S2/c1-22(23)19(34-36(30,31)16-10-6-3-7-11-16)17(14-32-35(28,29)15-8-4-2-5-9-15)33-20(22)25-13-12-18(26)24-21(25)27/h2-13,17,19-20H,14H2,1H3,(H,24,26,27)/t17?,19-,20-,22-/m1/s1. The lowest BCUT2D eigenvalue weighted by Crippen LogP contribution is -2.46. The lowest BCUT2D eigenvalue weighted by Gasteiger charge is -2.27. The van der Waals surface area contributed by atoms with Crippen molar-refractivity contribution in [2.45, 2.75) is 40.8 Å². The molecule has 2 heterocycles. The van der Waals surface area contributed by atoms with Crippen molar-refractivity contribution < 1.29 is 34.3 Å². The molecule has 1 aliphatic heterocycles. The predicted octanol–water partition coefficient (Wildman–Crippen LogP) is 1.34. The molecular formula is C22H21FN2O9S2. The summed E-state index contributed by atoms with van der Waals surface area (Å²) in [6.45, 7) is 0.104. The summed E-state index contributed by atoms with van der Waals surface area (Å²) in [6, 6.07) is 14.9. The van der Waals surface area contributed by atoms with Crippen LogP contribution in [0.15, 0.2) is 92.3 Å². The Labute approximate surface area is 205 Å². The lowest BCUT2D eigenvalue weighted by atomic mass is 9.98. The SMILES string of the molecule is C[C@@]1(F)[C@H](OS(=O)(=O)c2ccccc2)C(COS(=O)(=O)c2ccccc2)O[C@H]1n1ccc(=O)[nH]c1=O. The van der Waals surface area contributed by atoms with Crippen LogP contribution in [0.2, 0.25) is 0 Å². The van der Waals surface area contributed by atoms with Gasteiger partial charge in [0.2, 0.25) is 0 Å². The molecule has 4 rings (SSSR count). The van der Waals surface area contributed by atoms with E-state index in [-0.39, 0.29) is 9.79 Å². The summed E-state index contributed by atoms with van der Waals surface area (Å²) in [5.74, 6) is 0. The largest absolute Gasteiger partial charge is 0.346 e. The average molecular weight is 541 g/mol. The summed E-state index contributed by atoms with van der Waals surface area (Å²) in [4.78, 5) is 25.2. The summed E-state index contributed by atoms with van der Waals surface area (Å²) in [6.07, 6.45) is -4.35. The number of ether oxygens (including phenoxy) is 1. The Morgan fingerprint density at radius 2 is 1.50 bits per heavy atom. The highest BCUT2D eigenvalue weighted by Crippen LogP contribution is 2.43. The number of H-pyrrole nitrogens is 1. The van der Waals surface area contributed by atoms with Gasteiger partial charge in [-0.1, -0.05) is 36.4 Å². The molecule has 0 spiro atoms. The van der Waals surface area contributed by atoms with Crippen molar-refractivity contribution in [2.24, 2.45) is 0 Å². The van der Waals surface area contributed by atoms with Crippen molar-refractivity contribution in [3.63, 3.8) is 0 Å². The highest BCUT2D eigenvalue weighted by atomic mass is 32.2. The fourth-order valence-electron chi connectivity index (χ4n) is 3.70. The highest BCUT2D eigenvalue weighted by molar-refractivity contribution is 7.87. The van der Waals surface area contributed by atoms with Crippen LogP contribution in [0.1, 0.15) is 13.2 Å². The van der Waals surface area contributed by atoms with Crippen LogP contribution in [0.25, 0.3) is 0 Å². The van der Waals surface area contributed by atoms with Gasteiger partial charge in [-0.05, 0) is 31.2 Å². The van der Waals surface area contributed by atoms with Crippen LogP contribution in [-0.4, -0.2) is 50.9 Å². The first kappa shape index (κ1) is 25.9. The van der Waals surface area contributed by atoms with Gasteiger partial charge in [0, 0.05) is 12.3 Å². The van der Waals surface area contributed by atoms with Gasteiger partial charge in [0.15, 0.2) is 11.9 Å². The van der Waals surface area contributed by atoms with E-state index < -0.39 is 62.2 Å². The average Bonchev–Trinajstić information content (AvgIpc) is 3.08. The Hall–Kier alpha value is -3.17. The molecule has 1 aromatic heterocycles. The molecule has 1 saturated heterocycles. The molecule has 192 valence electrons. The number of nitrogens with one attached hydrogen (secondary N) is 1. The summed E-state index contributed by atoms with van der Waals surface area (Å²) >= 11 is 0. The number of hydrogen-bond acceptors (Lipinski definition) is 9. The summed E-state index contributed by atoms with van der Waals surface area (Å²) < 4.78 is 83.6. The molecule has 0 aliphatic carbocycles. The van der Waals surface area contributed by atoms with Crippen molar-refractivity contribution >= 4 is 20.2 Å². The summed E-state index contributed by atoms with van der Waals surface area (Å²) in [7, 11) is -8.87. The van der Waals surface area contributed by atoms with Gasteiger partial charge in [0.05, 0.1) is 16.4 Å². The predicted molar refractivity (Wildman–Crippen MR) is 123 cm³/mol. The third-order valence-electron chi connectivity index (χ3n) is 5.47. The maximum absolute atomic E-state index is 16.2. The van der Waals surface area contributed by atoms with E-state index in [1.165, 1.54) is 48.5 Å². The normalized spacial score (nSPS) is 24.6. The van der Waals surface area contributed by atoms with E-state index in [2.05, 4.69) is 0 Å².